The summed E-state index contributed by atoms with van der Waals surface area (Å²) >= 11 is 0. The van der Waals surface area contributed by atoms with E-state index in [1.807, 2.05) is 82.3 Å². The Balaban J connectivity index is 1.28. The number of carbonyl (C=O) groups is 7. The number of aliphatic hydroxyl groups excluding tert-OH is 3. The predicted molar refractivity (Wildman–Crippen MR) is 397 cm³/mol. The number of ether oxygens (including phenoxy) is 7. The Kier molecular flexibility index (Phi) is 34.7. The van der Waals surface area contributed by atoms with E-state index in [-0.39, 0.29) is 124 Å². The molecule has 3 aliphatic heterocycles. The van der Waals surface area contributed by atoms with Crippen molar-refractivity contribution in [1.29, 1.82) is 0 Å². The van der Waals surface area contributed by atoms with E-state index < -0.39 is 130 Å². The van der Waals surface area contributed by atoms with Gasteiger partial charge in [0.25, 0.3) is 11.7 Å². The molecule has 24 heteroatoms. The number of amides is 2. The van der Waals surface area contributed by atoms with Crippen molar-refractivity contribution >= 4 is 51.1 Å². The van der Waals surface area contributed by atoms with Gasteiger partial charge in [-0.2, -0.15) is 4.31 Å². The Hall–Kier alpha value is -6.06. The molecule has 105 heavy (non-hydrogen) atoms. The Morgan fingerprint density at radius 3 is 2.14 bits per heavy atom. The van der Waals surface area contributed by atoms with Crippen LogP contribution in [0, 0.1) is 41.4 Å². The summed E-state index contributed by atoms with van der Waals surface area (Å²) in [5.41, 5.74) is 1.51. The molecule has 0 spiro atoms. The van der Waals surface area contributed by atoms with Gasteiger partial charge in [0.1, 0.15) is 41.2 Å². The van der Waals surface area contributed by atoms with Crippen molar-refractivity contribution in [3.63, 3.8) is 0 Å². The lowest BCUT2D eigenvalue weighted by Crippen LogP contribution is -2.64. The summed E-state index contributed by atoms with van der Waals surface area (Å²) in [6.07, 6.45) is 5.57. The third-order valence-electron chi connectivity index (χ3n) is 21.0. The molecule has 17 atom stereocenters. The van der Waals surface area contributed by atoms with E-state index in [9.17, 15) is 62.4 Å². The number of allylic oxidation sites excluding steroid dienone is 5. The second-order valence-electron chi connectivity index (χ2n) is 31.4. The van der Waals surface area contributed by atoms with Crippen LogP contribution in [0.2, 0.25) is 0 Å². The zero-order valence-corrected chi connectivity index (χ0v) is 65.5. The third-order valence-corrected chi connectivity index (χ3v) is 22.9. The molecule has 3 heterocycles. The van der Waals surface area contributed by atoms with E-state index in [1.54, 1.807) is 53.7 Å². The predicted octanol–water partition coefficient (Wildman–Crippen LogP) is 10.1. The maximum atomic E-state index is 15.0. The number of rotatable bonds is 30. The van der Waals surface area contributed by atoms with Crippen LogP contribution >= 0.6 is 0 Å². The van der Waals surface area contributed by atoms with Gasteiger partial charge >= 0.3 is 11.9 Å². The van der Waals surface area contributed by atoms with Gasteiger partial charge in [0.15, 0.2) is 0 Å². The quantitative estimate of drug-likeness (QED) is 0.0210. The summed E-state index contributed by atoms with van der Waals surface area (Å²) in [5, 5.41) is 50.6. The monoisotopic (exact) mass is 1490 g/mol. The molecule has 1 aliphatic carbocycles. The van der Waals surface area contributed by atoms with Crippen LogP contribution in [0.1, 0.15) is 197 Å². The zero-order valence-electron chi connectivity index (χ0n) is 64.7. The lowest BCUT2D eigenvalue weighted by atomic mass is 9.81. The summed E-state index contributed by atoms with van der Waals surface area (Å²) in [6.45, 7) is 17.8. The van der Waals surface area contributed by atoms with Crippen LogP contribution in [-0.2, 0) is 78.4 Å². The highest BCUT2D eigenvalue weighted by Crippen LogP contribution is 2.40. The summed E-state index contributed by atoms with van der Waals surface area (Å²) in [7, 11) is 1.85. The van der Waals surface area contributed by atoms with E-state index in [0.717, 1.165) is 16.0 Å². The number of fused-ring (bicyclic) bond motifs is 3. The van der Waals surface area contributed by atoms with Crippen LogP contribution in [0.3, 0.4) is 0 Å². The largest absolute Gasteiger partial charge is 0.497 e. The van der Waals surface area contributed by atoms with Crippen molar-refractivity contribution in [2.75, 3.05) is 48.1 Å². The first-order chi connectivity index (χ1) is 49.6. The topological polar surface area (TPSA) is 318 Å². The van der Waals surface area contributed by atoms with Crippen molar-refractivity contribution < 1.29 is 95.6 Å². The van der Waals surface area contributed by atoms with Crippen LogP contribution in [0.5, 0.6) is 5.75 Å². The second-order valence-corrected chi connectivity index (χ2v) is 33.3. The first-order valence-corrected chi connectivity index (χ1v) is 39.4. The average molecular weight is 1490 g/mol. The molecule has 2 saturated heterocycles. The molecule has 2 amide bonds. The number of cyclic esters (lactones) is 1. The van der Waals surface area contributed by atoms with Gasteiger partial charge in [-0.25, -0.2) is 13.2 Å². The number of hydrogen-bond donors (Lipinski definition) is 5. The van der Waals surface area contributed by atoms with Crippen molar-refractivity contribution in [2.24, 2.45) is 41.4 Å². The van der Waals surface area contributed by atoms with E-state index in [0.29, 0.717) is 75.5 Å². The highest BCUT2D eigenvalue weighted by atomic mass is 32.2. The fourth-order valence-electron chi connectivity index (χ4n) is 15.1. The van der Waals surface area contributed by atoms with Crippen molar-refractivity contribution in [3.8, 4) is 5.75 Å². The van der Waals surface area contributed by atoms with Gasteiger partial charge in [-0.15, -0.1) is 0 Å². The minimum Gasteiger partial charge on any atom is -0.497 e. The summed E-state index contributed by atoms with van der Waals surface area (Å²) in [5.74, 6) is -10.6. The number of sulfonamides is 1. The van der Waals surface area contributed by atoms with Gasteiger partial charge in [0.2, 0.25) is 21.7 Å². The van der Waals surface area contributed by atoms with Crippen molar-refractivity contribution in [2.45, 2.75) is 275 Å². The van der Waals surface area contributed by atoms with E-state index >= 15 is 0 Å². The molecular weight excluding hydrogens is 1370 g/mol. The number of piperidine rings is 1. The molecule has 588 valence electrons. The highest BCUT2D eigenvalue weighted by molar-refractivity contribution is 7.89. The number of hydrogen-bond acceptors (Lipinski definition) is 20. The number of unbranched alkanes of at least 4 members (excludes halogenated alkanes) is 2. The molecule has 2 aromatic rings. The minimum absolute atomic E-state index is 0.00703. The number of nitrogens with zero attached hydrogens (tertiary/aromatic N) is 2. The van der Waals surface area contributed by atoms with Gasteiger partial charge in [-0.05, 0) is 178 Å². The Bertz CT molecular complexity index is 3350. The smallest absolute Gasteiger partial charge is 0.329 e. The first kappa shape index (κ1) is 87.8. The number of aliphatic hydroxyl groups is 4. The average Bonchev–Trinajstić information content (AvgIpc) is 0.837. The number of methoxy groups -OCH3 is 4. The molecule has 1 unspecified atom stereocenters. The van der Waals surface area contributed by atoms with E-state index in [2.05, 4.69) is 5.32 Å². The van der Waals surface area contributed by atoms with Crippen LogP contribution < -0.4 is 10.1 Å². The Labute approximate surface area is 624 Å². The van der Waals surface area contributed by atoms with Crippen molar-refractivity contribution in [1.82, 2.24) is 14.5 Å². The highest BCUT2D eigenvalue weighted by Gasteiger charge is 2.57. The molecule has 4 aliphatic rings. The lowest BCUT2D eigenvalue weighted by Gasteiger charge is -2.47. The molecular formula is C81H123N3O20S. The molecule has 2 aromatic carbocycles. The van der Waals surface area contributed by atoms with Gasteiger partial charge in [0, 0.05) is 90.3 Å². The van der Waals surface area contributed by atoms with Gasteiger partial charge in [-0.3, -0.25) is 28.8 Å². The zero-order chi connectivity index (χ0) is 77.5. The van der Waals surface area contributed by atoms with E-state index in [1.165, 1.54) is 44.9 Å². The number of Topliss-reactive ketones (excluding diaryl/α,β-unsaturated/α-hetero) is 3. The maximum absolute atomic E-state index is 15.0. The first-order valence-electron chi connectivity index (χ1n) is 38.0. The normalized spacial score (nSPS) is 28.9. The van der Waals surface area contributed by atoms with Crippen LogP contribution in [0.15, 0.2) is 94.9 Å². The van der Waals surface area contributed by atoms with Crippen LogP contribution in [0.4, 0.5) is 0 Å². The molecule has 6 rings (SSSR count). The number of esters is 2. The Morgan fingerprint density at radius 1 is 0.819 bits per heavy atom. The molecule has 0 radical (unpaired) electrons. The van der Waals surface area contributed by atoms with E-state index in [4.69, 9.17) is 33.2 Å². The molecule has 5 N–H and O–H groups in total. The van der Waals surface area contributed by atoms with Crippen LogP contribution in [-0.4, -0.2) is 200 Å². The van der Waals surface area contributed by atoms with Gasteiger partial charge in [-0.1, -0.05) is 108 Å². The fourth-order valence-corrected chi connectivity index (χ4v) is 16.8. The minimum atomic E-state index is -4.16. The summed E-state index contributed by atoms with van der Waals surface area (Å²) in [6, 6.07) is 12.9. The number of carbonyl (C=O) groups excluding carboxylic acids is 7. The number of benzene rings is 2. The standard InChI is InChI=1S/C81H123N3O20S/c1-51(2)49-83(105(96,97)63-36-34-62(98-11)35-37-63)50-69(89)64(45-57-26-18-15-19-27-57)82-77(92)60(29-21-17-23-32-73(90)103-80(8,9)10)47-61(85)30-22-16-20-28-59-41-52(3)40-53(4)42-71(100-13)75-72(101-14)44-55(6)81(95,104-75)76(91)78(93)84-39-25-24-31-65(84)79(94)102-74(56(7)67(87)48-68(59)88)54(5)43-58-33-38-66(86)70(46-58)99-12/h15-16,18-20,26-27,34-37,41,43,51,53,55-56,58-60,64-67,69-72,74-75,86-87,89,95H,17,21-25,28-33,38-40,42,44-50H2,1-14H3,(H,82,92)/b20-16+,52-41+,54-43+/t53-,55+,56+,58-,59+,60?,64-,65-,66+,67-,69+,70+,71-,72-,74+,75+,81+/m0/s1. The van der Waals surface area contributed by atoms with Gasteiger partial charge < -0.3 is 63.8 Å². The maximum Gasteiger partial charge on any atom is 0.329 e. The lowest BCUT2D eigenvalue weighted by molar-refractivity contribution is -0.302. The summed E-state index contributed by atoms with van der Waals surface area (Å²) in [4.78, 5) is 102. The third kappa shape index (κ3) is 26.1. The molecule has 23 nitrogen and oxygen atoms in total. The molecule has 0 aromatic heterocycles. The SMILES string of the molecule is COc1ccc(S(=O)(=O)N(CC(C)C)C[C@@H](O)[C@H](Cc2ccccc2)NC(=O)C(CCCCCC(=O)OC(C)(C)C)CC(=O)CC/C=C/C[C@@H]2/C=C(\C)C[C@H](C)C[C@H](OC)[C@H]3O[C@@](O)(C(=O)C(=O)N4CCCC[C@H]4C(=O)O[C@H](/C(C)=C/[C@@H]4CC[C@@H](O)[C@H](OC)C4)[C@H](C)[C@@H](O)CC2=O)[C@H](C)C[C@@H]3OC)cc1. The molecule has 1 saturated carbocycles. The molecule has 2 bridgehead atoms. The van der Waals surface area contributed by atoms with Crippen LogP contribution in [0.25, 0.3) is 0 Å². The van der Waals surface area contributed by atoms with Gasteiger partial charge in [0.05, 0.1) is 54.7 Å². The molecule has 3 fully saturated rings. The second kappa shape index (κ2) is 41.5. The van der Waals surface area contributed by atoms with Crippen molar-refractivity contribution in [3.05, 3.63) is 95.6 Å². The number of nitrogens with one attached hydrogen (secondary N) is 1. The fraction of sp³-hybridized carbons (Fsp3) is 0.691. The summed E-state index contributed by atoms with van der Waals surface area (Å²) < 4.78 is 71.0. The number of ketones is 3. The Morgan fingerprint density at radius 2 is 1.50 bits per heavy atom.